The normalized spacial score (nSPS) is 9.29. The minimum Gasteiger partial charge on any atom is -0.339 e. The fraction of sp³-hybridized carbons (Fsp3) is 0.538. The van der Waals surface area contributed by atoms with E-state index < -0.39 is 0 Å². The van der Waals surface area contributed by atoms with Crippen LogP contribution in [-0.4, -0.2) is 28.9 Å². The van der Waals surface area contributed by atoms with Crippen molar-refractivity contribution < 1.29 is 4.79 Å². The first kappa shape index (κ1) is 15.9. The number of hydrogen-bond donors (Lipinski definition) is 0. The van der Waals surface area contributed by atoms with Crippen LogP contribution in [0.1, 0.15) is 43.7 Å². The standard InChI is InChI=1S/C11H15ClN2O.C2H6/c1-4-14(5-2)11(15)10-6-9(12)7-13-8(10)3;1-2/h6-7H,4-5H2,1-3H3;1-2H3. The van der Waals surface area contributed by atoms with Crippen LogP contribution in [0.4, 0.5) is 0 Å². The number of nitrogens with zero attached hydrogens (tertiary/aromatic N) is 2. The Balaban J connectivity index is 0.00000121. The van der Waals surface area contributed by atoms with Crippen molar-refractivity contribution in [3.8, 4) is 0 Å². The number of rotatable bonds is 3. The molecule has 17 heavy (non-hydrogen) atoms. The first-order valence-corrected chi connectivity index (χ1v) is 6.39. The molecule has 96 valence electrons. The molecule has 0 aliphatic rings. The van der Waals surface area contributed by atoms with Gasteiger partial charge in [-0.25, -0.2) is 0 Å². The summed E-state index contributed by atoms with van der Waals surface area (Å²) in [6, 6.07) is 1.67. The summed E-state index contributed by atoms with van der Waals surface area (Å²) < 4.78 is 0. The van der Waals surface area contributed by atoms with E-state index in [2.05, 4.69) is 4.98 Å². The minimum atomic E-state index is -0.00694. The van der Waals surface area contributed by atoms with Gasteiger partial charge < -0.3 is 4.90 Å². The Morgan fingerprint density at radius 3 is 2.35 bits per heavy atom. The van der Waals surface area contributed by atoms with Crippen LogP contribution in [-0.2, 0) is 0 Å². The molecule has 0 saturated carbocycles. The molecule has 0 radical (unpaired) electrons. The highest BCUT2D eigenvalue weighted by Crippen LogP contribution is 2.14. The van der Waals surface area contributed by atoms with Crippen molar-refractivity contribution in [2.45, 2.75) is 34.6 Å². The average molecular weight is 257 g/mol. The molecule has 4 heteroatoms. The number of amides is 1. The summed E-state index contributed by atoms with van der Waals surface area (Å²) in [5.74, 6) is -0.00694. The molecule has 0 bridgehead atoms. The van der Waals surface area contributed by atoms with Gasteiger partial charge in [0.25, 0.3) is 5.91 Å². The number of halogens is 1. The van der Waals surface area contributed by atoms with Crippen molar-refractivity contribution in [1.29, 1.82) is 0 Å². The van der Waals surface area contributed by atoms with Gasteiger partial charge in [0, 0.05) is 19.3 Å². The van der Waals surface area contributed by atoms with Gasteiger partial charge >= 0.3 is 0 Å². The van der Waals surface area contributed by atoms with Crippen LogP contribution in [0.15, 0.2) is 12.3 Å². The SMILES string of the molecule is CC.CCN(CC)C(=O)c1cc(Cl)cnc1C. The molecule has 0 aliphatic heterocycles. The zero-order valence-corrected chi connectivity index (χ0v) is 12.0. The number of pyridine rings is 1. The van der Waals surface area contributed by atoms with Gasteiger partial charge in [-0.3, -0.25) is 9.78 Å². The molecule has 0 spiro atoms. The van der Waals surface area contributed by atoms with Crippen molar-refractivity contribution in [2.24, 2.45) is 0 Å². The van der Waals surface area contributed by atoms with E-state index >= 15 is 0 Å². The molecule has 1 aromatic heterocycles. The van der Waals surface area contributed by atoms with E-state index in [1.165, 1.54) is 0 Å². The molecule has 0 N–H and O–H groups in total. The second kappa shape index (κ2) is 8.07. The molecule has 3 nitrogen and oxygen atoms in total. The highest BCUT2D eigenvalue weighted by molar-refractivity contribution is 6.30. The van der Waals surface area contributed by atoms with Crippen LogP contribution in [0.3, 0.4) is 0 Å². The molecule has 1 heterocycles. The van der Waals surface area contributed by atoms with Crippen molar-refractivity contribution >= 4 is 17.5 Å². The lowest BCUT2D eigenvalue weighted by Gasteiger charge is -2.19. The Morgan fingerprint density at radius 2 is 1.88 bits per heavy atom. The number of aromatic nitrogens is 1. The second-order valence-electron chi connectivity index (χ2n) is 3.26. The number of hydrogen-bond acceptors (Lipinski definition) is 2. The lowest BCUT2D eigenvalue weighted by atomic mass is 10.2. The largest absolute Gasteiger partial charge is 0.339 e. The number of carbonyl (C=O) groups is 1. The summed E-state index contributed by atoms with van der Waals surface area (Å²) in [6.45, 7) is 11.1. The van der Waals surface area contributed by atoms with E-state index in [4.69, 9.17) is 11.6 Å². The zero-order chi connectivity index (χ0) is 13.4. The monoisotopic (exact) mass is 256 g/mol. The van der Waals surface area contributed by atoms with E-state index in [0.29, 0.717) is 23.7 Å². The molecule has 1 rings (SSSR count). The average Bonchev–Trinajstić information content (AvgIpc) is 2.36. The molecule has 0 unspecified atom stereocenters. The van der Waals surface area contributed by atoms with Crippen LogP contribution < -0.4 is 0 Å². The van der Waals surface area contributed by atoms with Crippen molar-refractivity contribution in [1.82, 2.24) is 9.88 Å². The molecule has 1 aromatic rings. The fourth-order valence-electron chi connectivity index (χ4n) is 1.41. The van der Waals surface area contributed by atoms with Crippen LogP contribution in [0.2, 0.25) is 5.02 Å². The van der Waals surface area contributed by atoms with Gasteiger partial charge in [0.1, 0.15) is 0 Å². The predicted molar refractivity (Wildman–Crippen MR) is 72.6 cm³/mol. The molecular formula is C13H21ClN2O. The third kappa shape index (κ3) is 4.35. The van der Waals surface area contributed by atoms with E-state index in [-0.39, 0.29) is 5.91 Å². The minimum absolute atomic E-state index is 0.00694. The number of aryl methyl sites for hydroxylation is 1. The van der Waals surface area contributed by atoms with Gasteiger partial charge in [-0.2, -0.15) is 0 Å². The van der Waals surface area contributed by atoms with Gasteiger partial charge in [0.15, 0.2) is 0 Å². The van der Waals surface area contributed by atoms with Crippen molar-refractivity contribution in [3.05, 3.63) is 28.5 Å². The molecule has 0 atom stereocenters. The van der Waals surface area contributed by atoms with Gasteiger partial charge in [-0.1, -0.05) is 25.4 Å². The Kier molecular flexibility index (Phi) is 7.55. The third-order valence-corrected chi connectivity index (χ3v) is 2.54. The maximum atomic E-state index is 12.0. The van der Waals surface area contributed by atoms with Gasteiger partial charge in [-0.05, 0) is 26.8 Å². The summed E-state index contributed by atoms with van der Waals surface area (Å²) in [4.78, 5) is 17.8. The van der Waals surface area contributed by atoms with Gasteiger partial charge in [0.05, 0.1) is 16.3 Å². The molecule has 0 fully saturated rings. The van der Waals surface area contributed by atoms with E-state index in [9.17, 15) is 4.79 Å². The van der Waals surface area contributed by atoms with Gasteiger partial charge in [0.2, 0.25) is 0 Å². The summed E-state index contributed by atoms with van der Waals surface area (Å²) >= 11 is 5.82. The fourth-order valence-corrected chi connectivity index (χ4v) is 1.56. The third-order valence-electron chi connectivity index (χ3n) is 2.33. The second-order valence-corrected chi connectivity index (χ2v) is 3.70. The number of carbonyl (C=O) groups excluding carboxylic acids is 1. The molecule has 0 aromatic carbocycles. The molecule has 0 saturated heterocycles. The smallest absolute Gasteiger partial charge is 0.255 e. The first-order chi connectivity index (χ1) is 8.10. The van der Waals surface area contributed by atoms with E-state index in [1.54, 1.807) is 17.2 Å². The lowest BCUT2D eigenvalue weighted by molar-refractivity contribution is 0.0772. The van der Waals surface area contributed by atoms with E-state index in [0.717, 1.165) is 5.69 Å². The van der Waals surface area contributed by atoms with Crippen molar-refractivity contribution in [3.63, 3.8) is 0 Å². The Morgan fingerprint density at radius 1 is 1.35 bits per heavy atom. The first-order valence-electron chi connectivity index (χ1n) is 6.01. The molecule has 0 aliphatic carbocycles. The Hall–Kier alpha value is -1.09. The zero-order valence-electron chi connectivity index (χ0n) is 11.2. The lowest BCUT2D eigenvalue weighted by Crippen LogP contribution is -2.31. The quantitative estimate of drug-likeness (QED) is 0.829. The summed E-state index contributed by atoms with van der Waals surface area (Å²) in [7, 11) is 0. The topological polar surface area (TPSA) is 33.2 Å². The van der Waals surface area contributed by atoms with Crippen LogP contribution >= 0.6 is 11.6 Å². The Labute approximate surface area is 109 Å². The summed E-state index contributed by atoms with van der Waals surface area (Å²) in [5, 5.41) is 0.496. The predicted octanol–water partition coefficient (Wildman–Crippen LogP) is 3.55. The van der Waals surface area contributed by atoms with Crippen LogP contribution in [0.25, 0.3) is 0 Å². The highest BCUT2D eigenvalue weighted by Gasteiger charge is 2.15. The Bertz CT molecular complexity index is 362. The van der Waals surface area contributed by atoms with Crippen molar-refractivity contribution in [2.75, 3.05) is 13.1 Å². The van der Waals surface area contributed by atoms with E-state index in [1.807, 2.05) is 34.6 Å². The molecular weight excluding hydrogens is 236 g/mol. The van der Waals surface area contributed by atoms with Crippen LogP contribution in [0, 0.1) is 6.92 Å². The maximum absolute atomic E-state index is 12.0. The van der Waals surface area contributed by atoms with Gasteiger partial charge in [-0.15, -0.1) is 0 Å². The summed E-state index contributed by atoms with van der Waals surface area (Å²) in [6.07, 6.45) is 1.55. The maximum Gasteiger partial charge on any atom is 0.255 e. The van der Waals surface area contributed by atoms with Crippen LogP contribution in [0.5, 0.6) is 0 Å². The highest BCUT2D eigenvalue weighted by atomic mass is 35.5. The molecule has 1 amide bonds. The summed E-state index contributed by atoms with van der Waals surface area (Å²) in [5.41, 5.74) is 1.31.